The van der Waals surface area contributed by atoms with Crippen molar-refractivity contribution in [2.75, 3.05) is 0 Å². The summed E-state index contributed by atoms with van der Waals surface area (Å²) in [5, 5.41) is 11.9. The zero-order valence-corrected chi connectivity index (χ0v) is 11.3. The predicted molar refractivity (Wildman–Crippen MR) is 81.0 cm³/mol. The molecule has 3 rings (SSSR count). The van der Waals surface area contributed by atoms with Crippen LogP contribution in [0.15, 0.2) is 72.8 Å². The molecule has 104 valence electrons. The largest absolute Gasteiger partial charge is 0.424 e. The standard InChI is InChI=1S/C18H14O3/c19-17(14-8-2-1-3-9-14)18(20)21-16-12-6-10-13-7-4-5-11-15(13)16/h1-12,17,19H/t17-/m1/s1. The Morgan fingerprint density at radius 2 is 1.52 bits per heavy atom. The van der Waals surface area contributed by atoms with Crippen LogP contribution in [-0.4, -0.2) is 11.1 Å². The average molecular weight is 278 g/mol. The summed E-state index contributed by atoms with van der Waals surface area (Å²) in [6.07, 6.45) is -1.29. The van der Waals surface area contributed by atoms with Gasteiger partial charge in [0.15, 0.2) is 6.10 Å². The molecule has 1 atom stereocenters. The van der Waals surface area contributed by atoms with Crippen molar-refractivity contribution >= 4 is 16.7 Å². The molecule has 3 aromatic rings. The molecule has 0 bridgehead atoms. The van der Waals surface area contributed by atoms with Crippen LogP contribution in [0.4, 0.5) is 0 Å². The zero-order valence-electron chi connectivity index (χ0n) is 11.3. The lowest BCUT2D eigenvalue weighted by Crippen LogP contribution is -2.18. The number of rotatable bonds is 3. The lowest BCUT2D eigenvalue weighted by molar-refractivity contribution is -0.144. The lowest BCUT2D eigenvalue weighted by Gasteiger charge is -2.12. The minimum atomic E-state index is -1.29. The summed E-state index contributed by atoms with van der Waals surface area (Å²) in [6, 6.07) is 21.9. The molecule has 0 aromatic heterocycles. The van der Waals surface area contributed by atoms with E-state index in [4.69, 9.17) is 4.74 Å². The minimum Gasteiger partial charge on any atom is -0.424 e. The highest BCUT2D eigenvalue weighted by Crippen LogP contribution is 2.26. The molecule has 0 amide bonds. The maximum atomic E-state index is 12.1. The molecule has 0 unspecified atom stereocenters. The van der Waals surface area contributed by atoms with E-state index in [1.54, 1.807) is 30.3 Å². The second kappa shape index (κ2) is 5.77. The SMILES string of the molecule is O=C(Oc1cccc2ccccc12)[C@H](O)c1ccccc1. The van der Waals surface area contributed by atoms with Crippen molar-refractivity contribution in [3.05, 3.63) is 78.4 Å². The van der Waals surface area contributed by atoms with Crippen molar-refractivity contribution in [2.24, 2.45) is 0 Å². The van der Waals surface area contributed by atoms with Gasteiger partial charge in [-0.3, -0.25) is 0 Å². The first-order valence-electron chi connectivity index (χ1n) is 6.68. The Kier molecular flexibility index (Phi) is 3.67. The van der Waals surface area contributed by atoms with E-state index in [9.17, 15) is 9.90 Å². The fraction of sp³-hybridized carbons (Fsp3) is 0.0556. The van der Waals surface area contributed by atoms with Crippen LogP contribution in [0.1, 0.15) is 11.7 Å². The van der Waals surface area contributed by atoms with Gasteiger partial charge in [-0.15, -0.1) is 0 Å². The van der Waals surface area contributed by atoms with Crippen LogP contribution >= 0.6 is 0 Å². The van der Waals surface area contributed by atoms with Gasteiger partial charge in [-0.05, 0) is 17.0 Å². The third-order valence-electron chi connectivity index (χ3n) is 3.30. The van der Waals surface area contributed by atoms with Gasteiger partial charge in [0, 0.05) is 5.39 Å². The highest BCUT2D eigenvalue weighted by Gasteiger charge is 2.20. The Morgan fingerprint density at radius 3 is 2.33 bits per heavy atom. The molecule has 3 heteroatoms. The number of esters is 1. The van der Waals surface area contributed by atoms with Crippen LogP contribution in [0.3, 0.4) is 0 Å². The third kappa shape index (κ3) is 2.78. The van der Waals surface area contributed by atoms with E-state index >= 15 is 0 Å². The van der Waals surface area contributed by atoms with E-state index in [0.717, 1.165) is 10.8 Å². The number of aliphatic hydroxyl groups excluding tert-OH is 1. The molecule has 0 aliphatic rings. The molecule has 0 radical (unpaired) electrons. The Labute approximate surface area is 122 Å². The van der Waals surface area contributed by atoms with Crippen LogP contribution in [0.5, 0.6) is 5.75 Å². The lowest BCUT2D eigenvalue weighted by atomic mass is 10.1. The number of aliphatic hydroxyl groups is 1. The van der Waals surface area contributed by atoms with Crippen LogP contribution in [-0.2, 0) is 4.79 Å². The molecule has 0 fully saturated rings. The smallest absolute Gasteiger partial charge is 0.345 e. The highest BCUT2D eigenvalue weighted by atomic mass is 16.5. The van der Waals surface area contributed by atoms with E-state index in [2.05, 4.69) is 0 Å². The summed E-state index contributed by atoms with van der Waals surface area (Å²) < 4.78 is 5.35. The minimum absolute atomic E-state index is 0.452. The molecule has 3 nitrogen and oxygen atoms in total. The Morgan fingerprint density at radius 1 is 0.857 bits per heavy atom. The van der Waals surface area contributed by atoms with Crippen molar-refractivity contribution in [3.63, 3.8) is 0 Å². The van der Waals surface area contributed by atoms with E-state index in [0.29, 0.717) is 11.3 Å². The molecule has 0 aliphatic carbocycles. The Bertz CT molecular complexity index is 760. The summed E-state index contributed by atoms with van der Waals surface area (Å²) in [5.41, 5.74) is 0.516. The number of ether oxygens (including phenoxy) is 1. The monoisotopic (exact) mass is 278 g/mol. The fourth-order valence-corrected chi connectivity index (χ4v) is 2.22. The molecular weight excluding hydrogens is 264 g/mol. The van der Waals surface area contributed by atoms with E-state index in [-0.39, 0.29) is 0 Å². The Hall–Kier alpha value is -2.65. The van der Waals surface area contributed by atoms with Crippen molar-refractivity contribution in [1.82, 2.24) is 0 Å². The highest BCUT2D eigenvalue weighted by molar-refractivity contribution is 5.91. The van der Waals surface area contributed by atoms with Gasteiger partial charge in [-0.25, -0.2) is 4.79 Å². The topological polar surface area (TPSA) is 46.5 Å². The van der Waals surface area contributed by atoms with E-state index in [1.807, 2.05) is 42.5 Å². The first-order valence-corrected chi connectivity index (χ1v) is 6.68. The third-order valence-corrected chi connectivity index (χ3v) is 3.30. The van der Waals surface area contributed by atoms with Gasteiger partial charge in [-0.2, -0.15) is 0 Å². The second-order valence-electron chi connectivity index (χ2n) is 4.71. The van der Waals surface area contributed by atoms with Crippen LogP contribution < -0.4 is 4.74 Å². The van der Waals surface area contributed by atoms with Gasteiger partial charge in [-0.1, -0.05) is 66.7 Å². The molecule has 0 saturated carbocycles. The summed E-state index contributed by atoms with van der Waals surface area (Å²) >= 11 is 0. The van der Waals surface area contributed by atoms with Gasteiger partial charge >= 0.3 is 5.97 Å². The van der Waals surface area contributed by atoms with Gasteiger partial charge in [0.1, 0.15) is 5.75 Å². The summed E-state index contributed by atoms with van der Waals surface area (Å²) in [5.74, 6) is -0.231. The van der Waals surface area contributed by atoms with Gasteiger partial charge in [0.2, 0.25) is 0 Å². The number of carbonyl (C=O) groups is 1. The molecule has 3 aromatic carbocycles. The van der Waals surface area contributed by atoms with E-state index in [1.165, 1.54) is 0 Å². The first kappa shape index (κ1) is 13.3. The maximum Gasteiger partial charge on any atom is 0.345 e. The number of hydrogen-bond acceptors (Lipinski definition) is 3. The van der Waals surface area contributed by atoms with E-state index < -0.39 is 12.1 Å². The van der Waals surface area contributed by atoms with Crippen LogP contribution in [0.25, 0.3) is 10.8 Å². The number of fused-ring (bicyclic) bond motifs is 1. The normalized spacial score (nSPS) is 12.0. The number of benzene rings is 3. The van der Waals surface area contributed by atoms with Crippen molar-refractivity contribution in [3.8, 4) is 5.75 Å². The van der Waals surface area contributed by atoms with Crippen LogP contribution in [0.2, 0.25) is 0 Å². The summed E-state index contributed by atoms with van der Waals surface area (Å²) in [6.45, 7) is 0. The fourth-order valence-electron chi connectivity index (χ4n) is 2.22. The van der Waals surface area contributed by atoms with Crippen molar-refractivity contribution in [2.45, 2.75) is 6.10 Å². The zero-order chi connectivity index (χ0) is 14.7. The number of carbonyl (C=O) groups excluding carboxylic acids is 1. The average Bonchev–Trinajstić information content (AvgIpc) is 2.55. The molecule has 0 saturated heterocycles. The van der Waals surface area contributed by atoms with Gasteiger partial charge in [0.25, 0.3) is 0 Å². The molecule has 1 N–H and O–H groups in total. The van der Waals surface area contributed by atoms with Gasteiger partial charge in [0.05, 0.1) is 0 Å². The summed E-state index contributed by atoms with van der Waals surface area (Å²) in [4.78, 5) is 12.1. The van der Waals surface area contributed by atoms with Crippen molar-refractivity contribution < 1.29 is 14.6 Å². The first-order chi connectivity index (χ1) is 10.3. The van der Waals surface area contributed by atoms with Crippen LogP contribution in [0, 0.1) is 0 Å². The molecule has 0 spiro atoms. The molecule has 0 aliphatic heterocycles. The predicted octanol–water partition coefficient (Wildman–Crippen LogP) is 3.48. The Balaban J connectivity index is 1.87. The summed E-state index contributed by atoms with van der Waals surface area (Å²) in [7, 11) is 0. The molecular formula is C18H14O3. The second-order valence-corrected chi connectivity index (χ2v) is 4.71. The molecule has 21 heavy (non-hydrogen) atoms. The van der Waals surface area contributed by atoms with Crippen molar-refractivity contribution in [1.29, 1.82) is 0 Å². The van der Waals surface area contributed by atoms with Gasteiger partial charge < -0.3 is 9.84 Å². The molecule has 0 heterocycles. The number of hydrogen-bond donors (Lipinski definition) is 1. The quantitative estimate of drug-likeness (QED) is 0.589. The maximum absolute atomic E-state index is 12.1.